The molecule has 3 aliphatic heterocycles. The van der Waals surface area contributed by atoms with Gasteiger partial charge >= 0.3 is 0 Å². The van der Waals surface area contributed by atoms with Crippen molar-refractivity contribution in [3.8, 4) is 11.4 Å². The van der Waals surface area contributed by atoms with Crippen LogP contribution in [0.15, 0.2) is 41.5 Å². The fourth-order valence-corrected chi connectivity index (χ4v) is 6.62. The van der Waals surface area contributed by atoms with Crippen LogP contribution in [0.3, 0.4) is 0 Å². The number of ether oxygens (including phenoxy) is 1. The average Bonchev–Trinajstić information content (AvgIpc) is 3.14. The molecule has 0 spiro atoms. The molecule has 5 heterocycles. The largest absolute Gasteiger partial charge is 0.490 e. The minimum atomic E-state index is -0.345. The Labute approximate surface area is 185 Å². The number of rotatable bonds is 6. The number of aliphatic hydroxyl groups is 1. The predicted molar refractivity (Wildman–Crippen MR) is 121 cm³/mol. The first-order chi connectivity index (χ1) is 15.0. The average molecular weight is 438 g/mol. The molecule has 7 heteroatoms. The Morgan fingerprint density at radius 3 is 2.55 bits per heavy atom. The highest BCUT2D eigenvalue weighted by molar-refractivity contribution is 7.18. The normalized spacial score (nSPS) is 27.9. The number of nitrogens with zero attached hydrogens (tertiary/aromatic N) is 3. The summed E-state index contributed by atoms with van der Waals surface area (Å²) in [5.41, 5.74) is 1.47. The molecule has 3 unspecified atom stereocenters. The number of thiophene rings is 1. The summed E-state index contributed by atoms with van der Waals surface area (Å²) in [6.07, 6.45) is 7.94. The summed E-state index contributed by atoms with van der Waals surface area (Å²) in [5.74, 6) is 0.871. The van der Waals surface area contributed by atoms with Crippen molar-refractivity contribution in [2.45, 2.75) is 75.8 Å². The van der Waals surface area contributed by atoms with Gasteiger partial charge in [0.15, 0.2) is 0 Å². The molecule has 162 valence electrons. The van der Waals surface area contributed by atoms with Gasteiger partial charge in [-0.3, -0.25) is 14.3 Å². The van der Waals surface area contributed by atoms with E-state index in [2.05, 4.69) is 9.88 Å². The molecule has 0 amide bonds. The van der Waals surface area contributed by atoms with Gasteiger partial charge in [0.25, 0.3) is 5.56 Å². The highest BCUT2D eigenvalue weighted by Gasteiger charge is 2.55. The van der Waals surface area contributed by atoms with Gasteiger partial charge in [0.1, 0.15) is 22.9 Å². The molecule has 1 N–H and O–H groups in total. The van der Waals surface area contributed by atoms with Crippen molar-refractivity contribution in [2.24, 2.45) is 0 Å². The van der Waals surface area contributed by atoms with Gasteiger partial charge in [-0.1, -0.05) is 0 Å². The van der Waals surface area contributed by atoms with Crippen LogP contribution in [0.5, 0.6) is 5.75 Å². The number of hydrogen-bond donors (Lipinski definition) is 1. The standard InChI is InChI=1S/C24H27N3O3S/c1-14(28)2-7-21-12-22-23(31-21)24(29)26(13-25-22)15-3-5-19(6-4-15)30-20-10-17-8-16-9-18(11-20)27(16)17/h3-6,12-14,16-18,20,28H,2,7-11H2,1H3. The second-order valence-electron chi connectivity index (χ2n) is 9.32. The quantitative estimate of drug-likeness (QED) is 0.639. The third-order valence-electron chi connectivity index (χ3n) is 7.14. The van der Waals surface area contributed by atoms with Gasteiger partial charge in [0, 0.05) is 23.0 Å². The molecular formula is C24H27N3O3S. The third kappa shape index (κ3) is 3.39. The van der Waals surface area contributed by atoms with E-state index >= 15 is 0 Å². The maximum atomic E-state index is 13.0. The molecule has 3 aliphatic rings. The summed E-state index contributed by atoms with van der Waals surface area (Å²) in [4.78, 5) is 21.3. The Kier molecular flexibility index (Phi) is 4.67. The van der Waals surface area contributed by atoms with Crippen LogP contribution in [0.4, 0.5) is 0 Å². The Hall–Kier alpha value is -2.22. The number of aromatic nitrogens is 2. The van der Waals surface area contributed by atoms with Gasteiger partial charge in [0.2, 0.25) is 0 Å². The number of hydrogen-bond acceptors (Lipinski definition) is 6. The molecule has 31 heavy (non-hydrogen) atoms. The number of benzene rings is 1. The zero-order chi connectivity index (χ0) is 21.1. The third-order valence-corrected chi connectivity index (χ3v) is 8.31. The van der Waals surface area contributed by atoms with E-state index < -0.39 is 0 Å². The monoisotopic (exact) mass is 437 g/mol. The molecule has 0 radical (unpaired) electrons. The first-order valence-corrected chi connectivity index (χ1v) is 12.1. The van der Waals surface area contributed by atoms with E-state index in [1.165, 1.54) is 24.2 Å². The summed E-state index contributed by atoms with van der Waals surface area (Å²) in [6.45, 7) is 1.78. The summed E-state index contributed by atoms with van der Waals surface area (Å²) in [5, 5.41) is 9.52. The predicted octanol–water partition coefficient (Wildman–Crippen LogP) is 3.52. The van der Waals surface area contributed by atoms with Crippen LogP contribution in [0.1, 0.15) is 43.9 Å². The minimum Gasteiger partial charge on any atom is -0.490 e. The zero-order valence-corrected chi connectivity index (χ0v) is 18.4. The summed E-state index contributed by atoms with van der Waals surface area (Å²) < 4.78 is 8.56. The van der Waals surface area contributed by atoms with Crippen molar-refractivity contribution in [1.82, 2.24) is 14.5 Å². The van der Waals surface area contributed by atoms with E-state index in [1.807, 2.05) is 30.3 Å². The van der Waals surface area contributed by atoms with Gasteiger partial charge in [-0.25, -0.2) is 4.98 Å². The zero-order valence-electron chi connectivity index (χ0n) is 17.6. The lowest BCUT2D eigenvalue weighted by Gasteiger charge is -2.65. The molecule has 0 aliphatic carbocycles. The molecule has 3 saturated heterocycles. The number of fused-ring (bicyclic) bond motifs is 1. The molecule has 1 aromatic carbocycles. The summed E-state index contributed by atoms with van der Waals surface area (Å²) in [7, 11) is 0. The Morgan fingerprint density at radius 1 is 1.16 bits per heavy atom. The molecule has 0 bridgehead atoms. The molecule has 0 saturated carbocycles. The maximum absolute atomic E-state index is 13.0. The number of piperidine rings is 2. The molecule has 3 fully saturated rings. The fourth-order valence-electron chi connectivity index (χ4n) is 5.56. The van der Waals surface area contributed by atoms with Crippen molar-refractivity contribution in [3.63, 3.8) is 0 Å². The summed E-state index contributed by atoms with van der Waals surface area (Å²) in [6, 6.07) is 12.1. The molecule has 2 aromatic heterocycles. The second-order valence-corrected chi connectivity index (χ2v) is 10.5. The maximum Gasteiger partial charge on any atom is 0.275 e. The van der Waals surface area contributed by atoms with E-state index in [0.29, 0.717) is 17.2 Å². The van der Waals surface area contributed by atoms with E-state index in [1.54, 1.807) is 17.8 Å². The number of aryl methyl sites for hydroxylation is 1. The van der Waals surface area contributed by atoms with Gasteiger partial charge in [-0.05, 0) is 75.8 Å². The molecule has 3 aromatic rings. The highest BCUT2D eigenvalue weighted by Crippen LogP contribution is 2.49. The topological polar surface area (TPSA) is 67.6 Å². The van der Waals surface area contributed by atoms with Crippen molar-refractivity contribution in [1.29, 1.82) is 0 Å². The Bertz CT molecular complexity index is 1150. The van der Waals surface area contributed by atoms with Crippen LogP contribution >= 0.6 is 11.3 Å². The van der Waals surface area contributed by atoms with Crippen LogP contribution in [0.25, 0.3) is 15.9 Å². The smallest absolute Gasteiger partial charge is 0.275 e. The SMILES string of the molecule is CC(O)CCc1cc2ncn(-c3ccc(OC4CC5CC6CC(C4)N56)cc3)c(=O)c2s1. The lowest BCUT2D eigenvalue weighted by Crippen LogP contribution is -2.73. The van der Waals surface area contributed by atoms with Crippen LogP contribution in [0, 0.1) is 0 Å². The minimum absolute atomic E-state index is 0.0520. The van der Waals surface area contributed by atoms with E-state index in [9.17, 15) is 9.90 Å². The highest BCUT2D eigenvalue weighted by atomic mass is 32.1. The molecule has 3 atom stereocenters. The summed E-state index contributed by atoms with van der Waals surface area (Å²) >= 11 is 1.48. The molecule has 6 nitrogen and oxygen atoms in total. The molecular weight excluding hydrogens is 410 g/mol. The van der Waals surface area contributed by atoms with Crippen molar-refractivity contribution in [3.05, 3.63) is 51.9 Å². The van der Waals surface area contributed by atoms with E-state index in [4.69, 9.17) is 4.74 Å². The van der Waals surface area contributed by atoms with E-state index in [-0.39, 0.29) is 11.7 Å². The van der Waals surface area contributed by atoms with Gasteiger partial charge in [0.05, 0.1) is 17.3 Å². The lowest BCUT2D eigenvalue weighted by atomic mass is 9.69. The van der Waals surface area contributed by atoms with Crippen molar-refractivity contribution >= 4 is 21.6 Å². The number of aliphatic hydroxyl groups excluding tert-OH is 1. The van der Waals surface area contributed by atoms with Crippen LogP contribution in [-0.4, -0.2) is 49.9 Å². The van der Waals surface area contributed by atoms with Gasteiger partial charge in [-0.15, -0.1) is 11.3 Å². The van der Waals surface area contributed by atoms with Crippen LogP contribution in [-0.2, 0) is 6.42 Å². The van der Waals surface area contributed by atoms with Crippen LogP contribution in [0.2, 0.25) is 0 Å². The Morgan fingerprint density at radius 2 is 1.87 bits per heavy atom. The van der Waals surface area contributed by atoms with E-state index in [0.717, 1.165) is 59.2 Å². The first-order valence-electron chi connectivity index (χ1n) is 11.3. The Balaban J connectivity index is 1.18. The van der Waals surface area contributed by atoms with Gasteiger partial charge in [-0.2, -0.15) is 0 Å². The fraction of sp³-hybridized carbons (Fsp3) is 0.500. The first kappa shape index (κ1) is 19.5. The lowest BCUT2D eigenvalue weighted by molar-refractivity contribution is -0.166. The second kappa shape index (κ2) is 7.43. The van der Waals surface area contributed by atoms with Crippen molar-refractivity contribution < 1.29 is 9.84 Å². The van der Waals surface area contributed by atoms with Crippen LogP contribution < -0.4 is 10.3 Å². The van der Waals surface area contributed by atoms with Gasteiger partial charge < -0.3 is 9.84 Å². The molecule has 6 rings (SSSR count). The van der Waals surface area contributed by atoms with Crippen molar-refractivity contribution in [2.75, 3.05) is 0 Å².